The van der Waals surface area contributed by atoms with Gasteiger partial charge in [-0.05, 0) is 43.3 Å². The summed E-state index contributed by atoms with van der Waals surface area (Å²) in [6.07, 6.45) is 1.83. The quantitative estimate of drug-likeness (QED) is 0.584. The molecule has 1 unspecified atom stereocenters. The van der Waals surface area contributed by atoms with Crippen LogP contribution in [-0.4, -0.2) is 59.5 Å². The van der Waals surface area contributed by atoms with Gasteiger partial charge in [-0.3, -0.25) is 9.69 Å². The number of nitrogens with zero attached hydrogens (tertiary/aromatic N) is 4. The minimum absolute atomic E-state index is 0.0642. The number of carbonyl (C=O) groups excluding carboxylic acids is 1. The van der Waals surface area contributed by atoms with E-state index in [9.17, 15) is 4.79 Å². The van der Waals surface area contributed by atoms with E-state index in [0.29, 0.717) is 12.2 Å². The van der Waals surface area contributed by atoms with Gasteiger partial charge in [0.15, 0.2) is 0 Å². The summed E-state index contributed by atoms with van der Waals surface area (Å²) in [6, 6.07) is 13.3. The first kappa shape index (κ1) is 21.3. The van der Waals surface area contributed by atoms with Gasteiger partial charge in [-0.15, -0.1) is 11.3 Å². The fraction of sp³-hybridized carbons (Fsp3) is 0.348. The Kier molecular flexibility index (Phi) is 7.11. The lowest BCUT2D eigenvalue weighted by molar-refractivity contribution is 0.0928. The predicted octanol–water partition coefficient (Wildman–Crippen LogP) is 3.06. The van der Waals surface area contributed by atoms with Gasteiger partial charge in [0.25, 0.3) is 5.91 Å². The second-order valence-electron chi connectivity index (χ2n) is 7.64. The first-order valence-electron chi connectivity index (χ1n) is 10.5. The Balaban J connectivity index is 1.20. The molecule has 4 rings (SSSR count). The number of rotatable bonds is 8. The number of aromatic nitrogens is 2. The average Bonchev–Trinajstić information content (AvgIpc) is 3.33. The number of hydrogen-bond acceptors (Lipinski definition) is 7. The highest BCUT2D eigenvalue weighted by atomic mass is 32.1. The molecule has 1 saturated heterocycles. The molecule has 1 N–H and O–H groups in total. The number of pyridine rings is 1. The molecule has 1 fully saturated rings. The Hall–Kier alpha value is -2.97. The third kappa shape index (κ3) is 6.02. The first-order chi connectivity index (χ1) is 15.2. The summed E-state index contributed by atoms with van der Waals surface area (Å²) >= 11 is 1.55. The fourth-order valence-electron chi connectivity index (χ4n) is 3.61. The van der Waals surface area contributed by atoms with Crippen molar-refractivity contribution in [2.45, 2.75) is 19.6 Å². The molecule has 0 bridgehead atoms. The van der Waals surface area contributed by atoms with Crippen LogP contribution >= 0.6 is 11.3 Å². The molecule has 1 atom stereocenters. The molecule has 0 radical (unpaired) electrons. The molecule has 162 valence electrons. The Bertz CT molecular complexity index is 942. The van der Waals surface area contributed by atoms with Crippen LogP contribution in [0.1, 0.15) is 23.0 Å². The summed E-state index contributed by atoms with van der Waals surface area (Å²) in [5, 5.41) is 5.06. The molecule has 3 heterocycles. The summed E-state index contributed by atoms with van der Waals surface area (Å²) in [6.45, 7) is 7.12. The van der Waals surface area contributed by atoms with E-state index in [-0.39, 0.29) is 11.9 Å². The van der Waals surface area contributed by atoms with Crippen molar-refractivity contribution < 1.29 is 9.53 Å². The van der Waals surface area contributed by atoms with Crippen molar-refractivity contribution in [3.8, 4) is 5.75 Å². The van der Waals surface area contributed by atoms with Crippen molar-refractivity contribution >= 4 is 23.1 Å². The van der Waals surface area contributed by atoms with Gasteiger partial charge in [0.05, 0.1) is 11.2 Å². The maximum absolute atomic E-state index is 12.6. The van der Waals surface area contributed by atoms with Gasteiger partial charge in [-0.2, -0.15) is 0 Å². The number of piperazine rings is 1. The monoisotopic (exact) mass is 437 g/mol. The highest BCUT2D eigenvalue weighted by Crippen LogP contribution is 2.15. The predicted molar refractivity (Wildman–Crippen MR) is 123 cm³/mol. The van der Waals surface area contributed by atoms with Crippen LogP contribution in [0.2, 0.25) is 0 Å². The molecule has 3 aromatic rings. The molecule has 2 aromatic heterocycles. The molecule has 31 heavy (non-hydrogen) atoms. The van der Waals surface area contributed by atoms with Crippen molar-refractivity contribution in [2.24, 2.45) is 0 Å². The summed E-state index contributed by atoms with van der Waals surface area (Å²) in [5.41, 5.74) is 3.32. The third-order valence-electron chi connectivity index (χ3n) is 5.24. The minimum Gasteiger partial charge on any atom is -0.487 e. The van der Waals surface area contributed by atoms with Crippen LogP contribution in [0.15, 0.2) is 59.6 Å². The molecule has 0 aliphatic carbocycles. The standard InChI is InChI=1S/C23H27N5O2S/c1-18(14-27-10-12-28(13-11-27)22-4-2-3-9-24-22)26-23(29)19-5-7-21(8-6-19)30-15-20-16-31-17-25-20/h2-9,16-18H,10-15H2,1H3,(H,26,29). The SMILES string of the molecule is CC(CN1CCN(c2ccccn2)CC1)NC(=O)c1ccc(OCc2cscn2)cc1. The molecule has 1 aromatic carbocycles. The van der Waals surface area contributed by atoms with E-state index >= 15 is 0 Å². The third-order valence-corrected chi connectivity index (χ3v) is 5.88. The Morgan fingerprint density at radius 1 is 1.13 bits per heavy atom. The van der Waals surface area contributed by atoms with E-state index in [1.807, 2.05) is 48.8 Å². The van der Waals surface area contributed by atoms with E-state index in [1.54, 1.807) is 29.0 Å². The normalized spacial score (nSPS) is 15.5. The van der Waals surface area contributed by atoms with Crippen LogP contribution in [0.5, 0.6) is 5.75 Å². The lowest BCUT2D eigenvalue weighted by Gasteiger charge is -2.36. The topological polar surface area (TPSA) is 70.6 Å². The second-order valence-corrected chi connectivity index (χ2v) is 8.36. The molecule has 7 nitrogen and oxygen atoms in total. The van der Waals surface area contributed by atoms with Crippen molar-refractivity contribution in [3.05, 3.63) is 70.8 Å². The summed E-state index contributed by atoms with van der Waals surface area (Å²) in [5.74, 6) is 1.69. The lowest BCUT2D eigenvalue weighted by atomic mass is 10.2. The number of thiazole rings is 1. The smallest absolute Gasteiger partial charge is 0.251 e. The summed E-state index contributed by atoms with van der Waals surface area (Å²) in [7, 11) is 0. The Morgan fingerprint density at radius 3 is 2.61 bits per heavy atom. The summed E-state index contributed by atoms with van der Waals surface area (Å²) in [4.78, 5) is 25.9. The fourth-order valence-corrected chi connectivity index (χ4v) is 4.15. The largest absolute Gasteiger partial charge is 0.487 e. The highest BCUT2D eigenvalue weighted by molar-refractivity contribution is 7.07. The zero-order chi connectivity index (χ0) is 21.5. The van der Waals surface area contributed by atoms with Crippen LogP contribution in [0.4, 0.5) is 5.82 Å². The molecule has 8 heteroatoms. The lowest BCUT2D eigenvalue weighted by Crippen LogP contribution is -2.51. The molecule has 1 aliphatic heterocycles. The second kappa shape index (κ2) is 10.4. The molecule has 1 amide bonds. The van der Waals surface area contributed by atoms with E-state index < -0.39 is 0 Å². The maximum Gasteiger partial charge on any atom is 0.251 e. The number of hydrogen-bond donors (Lipinski definition) is 1. The Morgan fingerprint density at radius 2 is 1.94 bits per heavy atom. The molecular weight excluding hydrogens is 410 g/mol. The highest BCUT2D eigenvalue weighted by Gasteiger charge is 2.20. The number of anilines is 1. The number of benzene rings is 1. The maximum atomic E-state index is 12.6. The van der Waals surface area contributed by atoms with Gasteiger partial charge in [0, 0.05) is 55.9 Å². The van der Waals surface area contributed by atoms with Crippen LogP contribution in [0.3, 0.4) is 0 Å². The number of carbonyl (C=O) groups is 1. The van der Waals surface area contributed by atoms with E-state index in [2.05, 4.69) is 25.1 Å². The van der Waals surface area contributed by atoms with Gasteiger partial charge < -0.3 is 15.0 Å². The van der Waals surface area contributed by atoms with Crippen LogP contribution < -0.4 is 15.0 Å². The zero-order valence-corrected chi connectivity index (χ0v) is 18.4. The van der Waals surface area contributed by atoms with Crippen molar-refractivity contribution in [1.29, 1.82) is 0 Å². The number of amides is 1. The van der Waals surface area contributed by atoms with Gasteiger partial charge in [-0.1, -0.05) is 6.07 Å². The van der Waals surface area contributed by atoms with Gasteiger partial charge in [0.1, 0.15) is 18.2 Å². The number of nitrogens with one attached hydrogen (secondary N) is 1. The minimum atomic E-state index is -0.0642. The van der Waals surface area contributed by atoms with E-state index in [4.69, 9.17) is 4.74 Å². The van der Waals surface area contributed by atoms with Crippen LogP contribution in [-0.2, 0) is 6.61 Å². The van der Waals surface area contributed by atoms with Crippen molar-refractivity contribution in [3.63, 3.8) is 0 Å². The molecule has 1 aliphatic rings. The van der Waals surface area contributed by atoms with Crippen LogP contribution in [0, 0.1) is 0 Å². The molecule has 0 spiro atoms. The van der Waals surface area contributed by atoms with Gasteiger partial charge >= 0.3 is 0 Å². The number of ether oxygens (including phenoxy) is 1. The average molecular weight is 438 g/mol. The van der Waals surface area contributed by atoms with Crippen LogP contribution in [0.25, 0.3) is 0 Å². The summed E-state index contributed by atoms with van der Waals surface area (Å²) < 4.78 is 5.70. The Labute approximate surface area is 186 Å². The molecule has 0 saturated carbocycles. The van der Waals surface area contributed by atoms with Crippen molar-refractivity contribution in [1.82, 2.24) is 20.2 Å². The van der Waals surface area contributed by atoms with Gasteiger partial charge in [0.2, 0.25) is 0 Å². The van der Waals surface area contributed by atoms with Crippen molar-refractivity contribution in [2.75, 3.05) is 37.6 Å². The first-order valence-corrected chi connectivity index (χ1v) is 11.4. The zero-order valence-electron chi connectivity index (χ0n) is 17.6. The van der Waals surface area contributed by atoms with E-state index in [1.165, 1.54) is 0 Å². The van der Waals surface area contributed by atoms with Gasteiger partial charge in [-0.25, -0.2) is 9.97 Å². The molecular formula is C23H27N5O2S. The van der Waals surface area contributed by atoms with E-state index in [0.717, 1.165) is 50.0 Å².